The summed E-state index contributed by atoms with van der Waals surface area (Å²) >= 11 is 0. The van der Waals surface area contributed by atoms with E-state index in [1.807, 2.05) is 6.07 Å². The number of fused-ring (bicyclic) bond motifs is 1. The summed E-state index contributed by atoms with van der Waals surface area (Å²) in [5.74, 6) is -0.181. The third-order valence-electron chi connectivity index (χ3n) is 2.29. The molecule has 0 radical (unpaired) electrons. The van der Waals surface area contributed by atoms with E-state index in [-0.39, 0.29) is 5.82 Å². The Labute approximate surface area is 77.2 Å². The highest BCUT2D eigenvalue weighted by molar-refractivity contribution is 5.70. The monoisotopic (exact) mass is 180 g/mol. The van der Waals surface area contributed by atoms with Gasteiger partial charge in [0, 0.05) is 12.6 Å². The first kappa shape index (κ1) is 8.35. The van der Waals surface area contributed by atoms with Crippen molar-refractivity contribution in [2.75, 3.05) is 17.2 Å². The largest absolute Gasteiger partial charge is 0.381 e. The number of anilines is 2. The Bertz CT molecular complexity index is 312. The van der Waals surface area contributed by atoms with E-state index in [0.717, 1.165) is 18.7 Å². The Morgan fingerprint density at radius 3 is 3.15 bits per heavy atom. The van der Waals surface area contributed by atoms with Crippen LogP contribution in [0.5, 0.6) is 0 Å². The molecule has 1 aliphatic heterocycles. The SMILES string of the molecule is CC1CCNc2c(F)cccc2N1. The van der Waals surface area contributed by atoms with Gasteiger partial charge < -0.3 is 10.6 Å². The molecule has 1 aliphatic rings. The topological polar surface area (TPSA) is 24.1 Å². The van der Waals surface area contributed by atoms with Gasteiger partial charge in [-0.1, -0.05) is 6.07 Å². The first-order chi connectivity index (χ1) is 6.27. The van der Waals surface area contributed by atoms with Crippen LogP contribution < -0.4 is 10.6 Å². The van der Waals surface area contributed by atoms with E-state index in [4.69, 9.17) is 0 Å². The molecule has 0 saturated carbocycles. The van der Waals surface area contributed by atoms with E-state index in [2.05, 4.69) is 17.6 Å². The van der Waals surface area contributed by atoms with Gasteiger partial charge in [-0.2, -0.15) is 0 Å². The maximum atomic E-state index is 13.3. The van der Waals surface area contributed by atoms with Crippen LogP contribution in [0, 0.1) is 5.82 Å². The Morgan fingerprint density at radius 2 is 2.31 bits per heavy atom. The van der Waals surface area contributed by atoms with Gasteiger partial charge >= 0.3 is 0 Å². The number of rotatable bonds is 0. The second-order valence-corrected chi connectivity index (χ2v) is 3.42. The number of hydrogen-bond donors (Lipinski definition) is 2. The van der Waals surface area contributed by atoms with Crippen LogP contribution in [0.2, 0.25) is 0 Å². The standard InChI is InChI=1S/C10H13FN2/c1-7-5-6-12-10-8(11)3-2-4-9(10)13-7/h2-4,7,12-13H,5-6H2,1H3. The second kappa shape index (κ2) is 3.24. The molecule has 3 heteroatoms. The first-order valence-electron chi connectivity index (χ1n) is 4.56. The molecule has 1 atom stereocenters. The second-order valence-electron chi connectivity index (χ2n) is 3.42. The molecule has 1 aromatic rings. The normalized spacial score (nSPS) is 20.9. The molecule has 0 amide bonds. The van der Waals surface area contributed by atoms with Crippen LogP contribution in [-0.2, 0) is 0 Å². The molecule has 0 aliphatic carbocycles. The van der Waals surface area contributed by atoms with Crippen LogP contribution in [0.3, 0.4) is 0 Å². The number of benzene rings is 1. The third kappa shape index (κ3) is 1.59. The fourth-order valence-corrected chi connectivity index (χ4v) is 1.58. The van der Waals surface area contributed by atoms with Gasteiger partial charge in [0.05, 0.1) is 11.4 Å². The summed E-state index contributed by atoms with van der Waals surface area (Å²) in [5.41, 5.74) is 1.47. The number of halogens is 1. The predicted molar refractivity (Wildman–Crippen MR) is 52.6 cm³/mol. The van der Waals surface area contributed by atoms with Gasteiger partial charge in [0.2, 0.25) is 0 Å². The quantitative estimate of drug-likeness (QED) is 0.640. The number of hydrogen-bond acceptors (Lipinski definition) is 2. The average Bonchev–Trinajstić information content (AvgIpc) is 2.27. The summed E-state index contributed by atoms with van der Waals surface area (Å²) in [4.78, 5) is 0. The van der Waals surface area contributed by atoms with Crippen molar-refractivity contribution < 1.29 is 4.39 Å². The zero-order chi connectivity index (χ0) is 9.26. The summed E-state index contributed by atoms with van der Waals surface area (Å²) in [7, 11) is 0. The van der Waals surface area contributed by atoms with Crippen molar-refractivity contribution in [3.05, 3.63) is 24.0 Å². The smallest absolute Gasteiger partial charge is 0.148 e. The summed E-state index contributed by atoms with van der Waals surface area (Å²) in [5, 5.41) is 6.35. The predicted octanol–water partition coefficient (Wildman–Crippen LogP) is 2.44. The minimum Gasteiger partial charge on any atom is -0.381 e. The first-order valence-corrected chi connectivity index (χ1v) is 4.56. The van der Waals surface area contributed by atoms with Gasteiger partial charge in [0.25, 0.3) is 0 Å². The molecule has 2 N–H and O–H groups in total. The minimum atomic E-state index is -0.181. The van der Waals surface area contributed by atoms with Gasteiger partial charge in [-0.25, -0.2) is 4.39 Å². The zero-order valence-electron chi connectivity index (χ0n) is 7.60. The van der Waals surface area contributed by atoms with Crippen LogP contribution in [-0.4, -0.2) is 12.6 Å². The van der Waals surface area contributed by atoms with E-state index >= 15 is 0 Å². The maximum absolute atomic E-state index is 13.3. The highest BCUT2D eigenvalue weighted by Gasteiger charge is 2.13. The lowest BCUT2D eigenvalue weighted by Crippen LogP contribution is -2.14. The Kier molecular flexibility index (Phi) is 2.08. The molecule has 0 fully saturated rings. The van der Waals surface area contributed by atoms with Crippen molar-refractivity contribution in [1.82, 2.24) is 0 Å². The highest BCUT2D eigenvalue weighted by atomic mass is 19.1. The van der Waals surface area contributed by atoms with Crippen molar-refractivity contribution in [2.45, 2.75) is 19.4 Å². The molecule has 2 nitrogen and oxygen atoms in total. The highest BCUT2D eigenvalue weighted by Crippen LogP contribution is 2.27. The summed E-state index contributed by atoms with van der Waals surface area (Å²) in [6, 6.07) is 5.49. The molecule has 1 aromatic carbocycles. The lowest BCUT2D eigenvalue weighted by atomic mass is 10.2. The number of para-hydroxylation sites is 1. The van der Waals surface area contributed by atoms with E-state index in [1.165, 1.54) is 6.07 Å². The van der Waals surface area contributed by atoms with E-state index < -0.39 is 0 Å². The fraction of sp³-hybridized carbons (Fsp3) is 0.400. The molecule has 0 bridgehead atoms. The third-order valence-corrected chi connectivity index (χ3v) is 2.29. The van der Waals surface area contributed by atoms with Crippen molar-refractivity contribution in [2.24, 2.45) is 0 Å². The van der Waals surface area contributed by atoms with Gasteiger partial charge in [-0.3, -0.25) is 0 Å². The van der Waals surface area contributed by atoms with Gasteiger partial charge in [-0.05, 0) is 25.5 Å². The van der Waals surface area contributed by atoms with E-state index in [9.17, 15) is 4.39 Å². The molecule has 1 unspecified atom stereocenters. The van der Waals surface area contributed by atoms with Crippen molar-refractivity contribution in [3.8, 4) is 0 Å². The molecule has 13 heavy (non-hydrogen) atoms. The molecular weight excluding hydrogens is 167 g/mol. The van der Waals surface area contributed by atoms with Gasteiger partial charge in [-0.15, -0.1) is 0 Å². The summed E-state index contributed by atoms with van der Waals surface area (Å²) in [6.07, 6.45) is 1.01. The van der Waals surface area contributed by atoms with Gasteiger partial charge in [0.1, 0.15) is 5.82 Å². The van der Waals surface area contributed by atoms with Crippen LogP contribution in [0.15, 0.2) is 18.2 Å². The zero-order valence-corrected chi connectivity index (χ0v) is 7.60. The molecule has 2 rings (SSSR count). The van der Waals surface area contributed by atoms with E-state index in [1.54, 1.807) is 6.07 Å². The molecular formula is C10H13FN2. The van der Waals surface area contributed by atoms with Crippen LogP contribution in [0.4, 0.5) is 15.8 Å². The van der Waals surface area contributed by atoms with Crippen molar-refractivity contribution >= 4 is 11.4 Å². The Balaban J connectivity index is 2.39. The molecule has 0 saturated heterocycles. The lowest BCUT2D eigenvalue weighted by Gasteiger charge is -2.11. The van der Waals surface area contributed by atoms with Crippen molar-refractivity contribution in [3.63, 3.8) is 0 Å². The van der Waals surface area contributed by atoms with Crippen LogP contribution in [0.25, 0.3) is 0 Å². The average molecular weight is 180 g/mol. The van der Waals surface area contributed by atoms with Crippen LogP contribution in [0.1, 0.15) is 13.3 Å². The Morgan fingerprint density at radius 1 is 1.46 bits per heavy atom. The van der Waals surface area contributed by atoms with E-state index in [0.29, 0.717) is 11.7 Å². The number of nitrogens with one attached hydrogen (secondary N) is 2. The fourth-order valence-electron chi connectivity index (χ4n) is 1.58. The molecule has 1 heterocycles. The molecule has 0 spiro atoms. The maximum Gasteiger partial charge on any atom is 0.148 e. The molecule has 0 aromatic heterocycles. The van der Waals surface area contributed by atoms with Crippen LogP contribution >= 0.6 is 0 Å². The summed E-state index contributed by atoms with van der Waals surface area (Å²) in [6.45, 7) is 2.92. The van der Waals surface area contributed by atoms with Gasteiger partial charge in [0.15, 0.2) is 0 Å². The molecule has 70 valence electrons. The minimum absolute atomic E-state index is 0.181. The summed E-state index contributed by atoms with van der Waals surface area (Å²) < 4.78 is 13.3. The Hall–Kier alpha value is -1.25. The van der Waals surface area contributed by atoms with Crippen molar-refractivity contribution in [1.29, 1.82) is 0 Å². The lowest BCUT2D eigenvalue weighted by molar-refractivity contribution is 0.631.